The third-order valence-corrected chi connectivity index (χ3v) is 5.30. The molecule has 0 radical (unpaired) electrons. The summed E-state index contributed by atoms with van der Waals surface area (Å²) in [6.07, 6.45) is 8.48. The molecule has 19 heavy (non-hydrogen) atoms. The van der Waals surface area contributed by atoms with Crippen LogP contribution in [0.5, 0.6) is 0 Å². The first-order chi connectivity index (χ1) is 9.13. The van der Waals surface area contributed by atoms with Gasteiger partial charge in [-0.2, -0.15) is 0 Å². The van der Waals surface area contributed by atoms with E-state index >= 15 is 0 Å². The third kappa shape index (κ3) is 1.57. The smallest absolute Gasteiger partial charge is 0.189 e. The molecule has 0 unspecified atom stereocenters. The second-order valence-electron chi connectivity index (χ2n) is 6.15. The summed E-state index contributed by atoms with van der Waals surface area (Å²) >= 11 is 0. The molecule has 1 nitrogen and oxygen atoms in total. The summed E-state index contributed by atoms with van der Waals surface area (Å²) in [7, 11) is 0. The molecule has 0 aromatic heterocycles. The van der Waals surface area contributed by atoms with Crippen molar-refractivity contribution >= 4 is 5.78 Å². The van der Waals surface area contributed by atoms with Gasteiger partial charge in [0, 0.05) is 16.6 Å². The zero-order valence-corrected chi connectivity index (χ0v) is 11.5. The highest BCUT2D eigenvalue weighted by Gasteiger charge is 2.60. The first-order valence-electron chi connectivity index (χ1n) is 7.04. The molecule has 0 amide bonds. The van der Waals surface area contributed by atoms with Gasteiger partial charge in [-0.1, -0.05) is 49.4 Å². The maximum Gasteiger partial charge on any atom is 0.189 e. The maximum absolute atomic E-state index is 12.8. The molecule has 2 aliphatic rings. The Hall–Kier alpha value is -1.63. The summed E-state index contributed by atoms with van der Waals surface area (Å²) in [5.41, 5.74) is 2.18. The Morgan fingerprint density at radius 3 is 2.63 bits per heavy atom. The molecule has 0 N–H and O–H groups in total. The van der Waals surface area contributed by atoms with E-state index in [9.17, 15) is 4.79 Å². The fourth-order valence-corrected chi connectivity index (χ4v) is 3.89. The van der Waals surface area contributed by atoms with E-state index < -0.39 is 0 Å². The lowest BCUT2D eigenvalue weighted by atomic mass is 9.48. The van der Waals surface area contributed by atoms with Gasteiger partial charge < -0.3 is 0 Å². The van der Waals surface area contributed by atoms with Crippen LogP contribution in [-0.4, -0.2) is 5.78 Å². The second kappa shape index (κ2) is 4.19. The molecule has 0 aliphatic heterocycles. The highest BCUT2D eigenvalue weighted by atomic mass is 16.1. The van der Waals surface area contributed by atoms with Crippen molar-refractivity contribution in [2.45, 2.75) is 32.6 Å². The number of Topliss-reactive ketones (excluding diaryl/α,β-unsaturated/α-hetero) is 1. The van der Waals surface area contributed by atoms with Crippen LogP contribution in [0.15, 0.2) is 54.6 Å². The van der Waals surface area contributed by atoms with Crippen LogP contribution >= 0.6 is 0 Å². The van der Waals surface area contributed by atoms with Crippen molar-refractivity contribution < 1.29 is 4.79 Å². The van der Waals surface area contributed by atoms with Crippen molar-refractivity contribution in [1.29, 1.82) is 0 Å². The van der Waals surface area contributed by atoms with E-state index in [2.05, 4.69) is 19.6 Å². The normalized spacial score (nSPS) is 32.2. The van der Waals surface area contributed by atoms with E-state index in [0.717, 1.165) is 30.4 Å². The number of hydrogen-bond acceptors (Lipinski definition) is 1. The molecule has 1 aromatic carbocycles. The number of benzene rings is 1. The van der Waals surface area contributed by atoms with Crippen LogP contribution in [0.3, 0.4) is 0 Å². The van der Waals surface area contributed by atoms with E-state index in [-0.39, 0.29) is 16.6 Å². The molecule has 1 heteroatoms. The van der Waals surface area contributed by atoms with Gasteiger partial charge in [-0.3, -0.25) is 4.79 Å². The SMILES string of the molecule is C=CC[C@]12CC[C@@]1(C)CC=C2C(=O)c1ccccc1. The number of rotatable bonds is 4. The Balaban J connectivity index is 1.97. The number of hydrogen-bond donors (Lipinski definition) is 0. The van der Waals surface area contributed by atoms with Gasteiger partial charge in [-0.15, -0.1) is 6.58 Å². The minimum Gasteiger partial charge on any atom is -0.289 e. The summed E-state index contributed by atoms with van der Waals surface area (Å²) < 4.78 is 0. The number of ketones is 1. The van der Waals surface area contributed by atoms with Crippen LogP contribution in [0, 0.1) is 10.8 Å². The molecule has 1 saturated carbocycles. The minimum atomic E-state index is 0.0572. The Morgan fingerprint density at radius 1 is 1.32 bits per heavy atom. The van der Waals surface area contributed by atoms with Crippen molar-refractivity contribution in [3.63, 3.8) is 0 Å². The Kier molecular flexibility index (Phi) is 2.74. The molecule has 2 aliphatic carbocycles. The molecule has 0 heterocycles. The first kappa shape index (κ1) is 12.4. The zero-order valence-electron chi connectivity index (χ0n) is 11.5. The Bertz CT molecular complexity index is 554. The highest BCUT2D eigenvalue weighted by molar-refractivity contribution is 6.10. The van der Waals surface area contributed by atoms with Gasteiger partial charge in [-0.05, 0) is 31.1 Å². The van der Waals surface area contributed by atoms with Crippen LogP contribution in [0.1, 0.15) is 43.0 Å². The number of fused-ring (bicyclic) bond motifs is 1. The van der Waals surface area contributed by atoms with Crippen LogP contribution in [0.2, 0.25) is 0 Å². The van der Waals surface area contributed by atoms with Crippen LogP contribution in [0.4, 0.5) is 0 Å². The molecular weight excluding hydrogens is 232 g/mol. The molecule has 0 saturated heterocycles. The predicted octanol–water partition coefficient (Wildman–Crippen LogP) is 4.56. The number of carbonyl (C=O) groups excluding carboxylic acids is 1. The van der Waals surface area contributed by atoms with Gasteiger partial charge in [-0.25, -0.2) is 0 Å². The monoisotopic (exact) mass is 252 g/mol. The van der Waals surface area contributed by atoms with E-state index in [4.69, 9.17) is 0 Å². The van der Waals surface area contributed by atoms with E-state index in [1.165, 1.54) is 6.42 Å². The summed E-state index contributed by atoms with van der Waals surface area (Å²) in [5, 5.41) is 0. The lowest BCUT2D eigenvalue weighted by molar-refractivity contribution is -0.0121. The molecule has 1 aromatic rings. The Morgan fingerprint density at radius 2 is 2.05 bits per heavy atom. The van der Waals surface area contributed by atoms with Crippen molar-refractivity contribution in [2.24, 2.45) is 10.8 Å². The highest BCUT2D eigenvalue weighted by Crippen LogP contribution is 2.68. The van der Waals surface area contributed by atoms with Gasteiger partial charge in [0.1, 0.15) is 0 Å². The van der Waals surface area contributed by atoms with Gasteiger partial charge in [0.25, 0.3) is 0 Å². The molecule has 0 spiro atoms. The summed E-state index contributed by atoms with van der Waals surface area (Å²) in [4.78, 5) is 12.8. The Labute approximate surface area is 115 Å². The van der Waals surface area contributed by atoms with Crippen LogP contribution in [0.25, 0.3) is 0 Å². The summed E-state index contributed by atoms with van der Waals surface area (Å²) in [5.74, 6) is 0.214. The number of carbonyl (C=O) groups is 1. The fourth-order valence-electron chi connectivity index (χ4n) is 3.89. The van der Waals surface area contributed by atoms with Gasteiger partial charge in [0.2, 0.25) is 0 Å². The maximum atomic E-state index is 12.8. The molecule has 3 rings (SSSR count). The molecule has 2 atom stereocenters. The second-order valence-corrected chi connectivity index (χ2v) is 6.15. The average Bonchev–Trinajstić information content (AvgIpc) is 2.62. The minimum absolute atomic E-state index is 0.0572. The van der Waals surface area contributed by atoms with Crippen molar-refractivity contribution in [3.05, 3.63) is 60.2 Å². The van der Waals surface area contributed by atoms with Crippen LogP contribution in [-0.2, 0) is 0 Å². The quantitative estimate of drug-likeness (QED) is 0.567. The van der Waals surface area contributed by atoms with Crippen molar-refractivity contribution in [1.82, 2.24) is 0 Å². The van der Waals surface area contributed by atoms with Crippen molar-refractivity contribution in [3.8, 4) is 0 Å². The first-order valence-corrected chi connectivity index (χ1v) is 7.04. The van der Waals surface area contributed by atoms with E-state index in [1.54, 1.807) is 0 Å². The zero-order chi connectivity index (χ0) is 13.5. The summed E-state index contributed by atoms with van der Waals surface area (Å²) in [6.45, 7) is 6.22. The average molecular weight is 252 g/mol. The lowest BCUT2D eigenvalue weighted by Gasteiger charge is -2.55. The van der Waals surface area contributed by atoms with Crippen molar-refractivity contribution in [2.75, 3.05) is 0 Å². The lowest BCUT2D eigenvalue weighted by Crippen LogP contribution is -2.48. The van der Waals surface area contributed by atoms with Gasteiger partial charge >= 0.3 is 0 Å². The van der Waals surface area contributed by atoms with E-state index in [1.807, 2.05) is 36.4 Å². The van der Waals surface area contributed by atoms with E-state index in [0.29, 0.717) is 0 Å². The molecular formula is C18H20O. The van der Waals surface area contributed by atoms with Gasteiger partial charge in [0.15, 0.2) is 5.78 Å². The standard InChI is InChI=1S/C18H20O/c1-3-10-18-13-12-17(18,2)11-9-15(18)16(19)14-7-5-4-6-8-14/h3-9H,1,10-13H2,2H3/t17-,18-/m1/s1. The summed E-state index contributed by atoms with van der Waals surface area (Å²) in [6, 6.07) is 9.65. The fraction of sp³-hybridized carbons (Fsp3) is 0.389. The topological polar surface area (TPSA) is 17.1 Å². The molecule has 1 fully saturated rings. The third-order valence-electron chi connectivity index (χ3n) is 5.30. The molecule has 0 bridgehead atoms. The predicted molar refractivity (Wildman–Crippen MR) is 78.1 cm³/mol. The number of allylic oxidation sites excluding steroid dienone is 3. The molecule has 98 valence electrons. The van der Waals surface area contributed by atoms with Crippen LogP contribution < -0.4 is 0 Å². The largest absolute Gasteiger partial charge is 0.289 e. The van der Waals surface area contributed by atoms with Gasteiger partial charge in [0.05, 0.1) is 0 Å².